The second-order valence-electron chi connectivity index (χ2n) is 5.82. The Morgan fingerprint density at radius 3 is 2.69 bits per heavy atom. The van der Waals surface area contributed by atoms with Crippen molar-refractivity contribution in [2.75, 3.05) is 16.8 Å². The van der Waals surface area contributed by atoms with E-state index in [4.69, 9.17) is 0 Å². The predicted molar refractivity (Wildman–Crippen MR) is 111 cm³/mol. The van der Waals surface area contributed by atoms with Gasteiger partial charge in [0.1, 0.15) is 0 Å². The summed E-state index contributed by atoms with van der Waals surface area (Å²) in [5.41, 5.74) is 2.62. The van der Waals surface area contributed by atoms with Gasteiger partial charge in [0.2, 0.25) is 5.91 Å². The first-order chi connectivity index (χ1) is 12.6. The van der Waals surface area contributed by atoms with Gasteiger partial charge in [-0.05, 0) is 36.3 Å². The Balaban J connectivity index is 1.86. The molecule has 1 heterocycles. The topological polar surface area (TPSA) is 74.8 Å². The van der Waals surface area contributed by atoms with Gasteiger partial charge in [-0.15, -0.1) is 0 Å². The number of rotatable bonds is 10. The number of aromatic amines is 1. The van der Waals surface area contributed by atoms with Crippen LogP contribution in [0.4, 0.5) is 5.69 Å². The fourth-order valence-electron chi connectivity index (χ4n) is 2.30. The van der Waals surface area contributed by atoms with Gasteiger partial charge in [0.25, 0.3) is 5.56 Å². The van der Waals surface area contributed by atoms with Gasteiger partial charge in [-0.1, -0.05) is 44.2 Å². The molecule has 7 heteroatoms. The highest BCUT2D eigenvalue weighted by atomic mass is 32.2. The minimum atomic E-state index is -0.183. The third-order valence-electron chi connectivity index (χ3n) is 3.62. The van der Waals surface area contributed by atoms with Gasteiger partial charge in [0, 0.05) is 17.5 Å². The quantitative estimate of drug-likeness (QED) is 0.471. The number of carbonyl (C=O) groups is 1. The lowest BCUT2D eigenvalue weighted by molar-refractivity contribution is -0.113. The fourth-order valence-corrected chi connectivity index (χ4v) is 3.55. The van der Waals surface area contributed by atoms with Gasteiger partial charge in [-0.3, -0.25) is 9.59 Å². The number of hydrogen-bond acceptors (Lipinski definition) is 5. The molecule has 0 saturated carbocycles. The number of anilines is 1. The van der Waals surface area contributed by atoms with Crippen LogP contribution in [0.25, 0.3) is 0 Å². The van der Waals surface area contributed by atoms with Gasteiger partial charge in [-0.25, -0.2) is 4.98 Å². The maximum atomic E-state index is 12.1. The fraction of sp³-hybridized carbons (Fsp3) is 0.421. The summed E-state index contributed by atoms with van der Waals surface area (Å²) in [6.45, 7) is 4.24. The second kappa shape index (κ2) is 11.1. The minimum absolute atomic E-state index is 0.118. The lowest BCUT2D eigenvalue weighted by Gasteiger charge is -2.07. The molecule has 26 heavy (non-hydrogen) atoms. The molecule has 0 fully saturated rings. The standard InChI is InChI=1S/C19H25N3O2S2/c1-3-5-6-14-7-9-15(10-8-14)20-18(24)13-26-19-21-16(12-25-4-2)11-17(23)22-19/h7-11H,3-6,12-13H2,1-2H3,(H,20,24)(H,21,22,23). The highest BCUT2D eigenvalue weighted by molar-refractivity contribution is 7.99. The van der Waals surface area contributed by atoms with Crippen molar-refractivity contribution in [1.29, 1.82) is 0 Å². The zero-order valence-electron chi connectivity index (χ0n) is 15.2. The smallest absolute Gasteiger partial charge is 0.251 e. The summed E-state index contributed by atoms with van der Waals surface area (Å²) in [5.74, 6) is 1.75. The molecule has 0 aliphatic heterocycles. The van der Waals surface area contributed by atoms with Crippen molar-refractivity contribution in [1.82, 2.24) is 9.97 Å². The molecule has 0 saturated heterocycles. The van der Waals surface area contributed by atoms with Crippen LogP contribution in [-0.2, 0) is 17.0 Å². The van der Waals surface area contributed by atoms with Crippen LogP contribution in [0.15, 0.2) is 40.3 Å². The van der Waals surface area contributed by atoms with E-state index in [-0.39, 0.29) is 17.2 Å². The number of H-pyrrole nitrogens is 1. The highest BCUT2D eigenvalue weighted by Crippen LogP contribution is 2.16. The molecule has 0 aliphatic rings. The molecule has 0 bridgehead atoms. The Kier molecular flexibility index (Phi) is 8.77. The molecular weight excluding hydrogens is 366 g/mol. The summed E-state index contributed by atoms with van der Waals surface area (Å²) in [6.07, 6.45) is 3.40. The average molecular weight is 392 g/mol. The van der Waals surface area contributed by atoms with Crippen LogP contribution in [-0.4, -0.2) is 27.4 Å². The number of carbonyl (C=O) groups excluding carboxylic acids is 1. The first-order valence-electron chi connectivity index (χ1n) is 8.80. The SMILES string of the molecule is CCCCc1ccc(NC(=O)CSc2nc(CSCC)cc(=O)[nH]2)cc1. The first-order valence-corrected chi connectivity index (χ1v) is 10.9. The predicted octanol–water partition coefficient (Wildman–Crippen LogP) is 4.10. The number of nitrogens with one attached hydrogen (secondary N) is 2. The molecule has 1 aromatic carbocycles. The van der Waals surface area contributed by atoms with Gasteiger partial charge in [0.05, 0.1) is 11.4 Å². The summed E-state index contributed by atoms with van der Waals surface area (Å²) in [7, 11) is 0. The van der Waals surface area contributed by atoms with Crippen LogP contribution in [0.5, 0.6) is 0 Å². The van der Waals surface area contributed by atoms with Crippen molar-refractivity contribution in [3.8, 4) is 0 Å². The molecule has 0 radical (unpaired) electrons. The Labute approximate surface area is 162 Å². The van der Waals surface area contributed by atoms with E-state index in [0.29, 0.717) is 10.9 Å². The number of unbranched alkanes of at least 4 members (excludes halogenated alkanes) is 1. The van der Waals surface area contributed by atoms with E-state index >= 15 is 0 Å². The van der Waals surface area contributed by atoms with Crippen LogP contribution >= 0.6 is 23.5 Å². The molecule has 140 valence electrons. The number of aryl methyl sites for hydroxylation is 1. The van der Waals surface area contributed by atoms with Gasteiger partial charge in [0.15, 0.2) is 5.16 Å². The Bertz CT molecular complexity index is 760. The van der Waals surface area contributed by atoms with Crippen LogP contribution in [0.2, 0.25) is 0 Å². The summed E-state index contributed by atoms with van der Waals surface area (Å²) >= 11 is 2.94. The molecule has 0 atom stereocenters. The van der Waals surface area contributed by atoms with Gasteiger partial charge < -0.3 is 10.3 Å². The minimum Gasteiger partial charge on any atom is -0.325 e. The van der Waals surface area contributed by atoms with E-state index in [2.05, 4.69) is 29.1 Å². The number of benzene rings is 1. The molecule has 0 unspecified atom stereocenters. The normalized spacial score (nSPS) is 10.7. The third kappa shape index (κ3) is 7.25. The average Bonchev–Trinajstić information content (AvgIpc) is 2.64. The van der Waals surface area contributed by atoms with Crippen molar-refractivity contribution >= 4 is 35.1 Å². The molecule has 1 aromatic heterocycles. The van der Waals surface area contributed by atoms with E-state index in [9.17, 15) is 9.59 Å². The van der Waals surface area contributed by atoms with Crippen LogP contribution in [0.3, 0.4) is 0 Å². The first kappa shape index (κ1) is 20.6. The Hall–Kier alpha value is -1.73. The van der Waals surface area contributed by atoms with Crippen LogP contribution in [0.1, 0.15) is 37.9 Å². The maximum Gasteiger partial charge on any atom is 0.251 e. The van der Waals surface area contributed by atoms with E-state index < -0.39 is 0 Å². The monoisotopic (exact) mass is 391 g/mol. The Morgan fingerprint density at radius 2 is 2.00 bits per heavy atom. The van der Waals surface area contributed by atoms with Crippen LogP contribution < -0.4 is 10.9 Å². The molecular formula is C19H25N3O2S2. The number of amides is 1. The molecule has 2 rings (SSSR count). The second-order valence-corrected chi connectivity index (χ2v) is 8.05. The molecule has 0 aliphatic carbocycles. The summed E-state index contributed by atoms with van der Waals surface area (Å²) in [6, 6.07) is 9.46. The van der Waals surface area contributed by atoms with Crippen molar-refractivity contribution in [2.45, 2.75) is 44.0 Å². The number of nitrogens with zero attached hydrogens (tertiary/aromatic N) is 1. The number of aromatic nitrogens is 2. The van der Waals surface area contributed by atoms with Crippen molar-refractivity contribution in [3.63, 3.8) is 0 Å². The highest BCUT2D eigenvalue weighted by Gasteiger charge is 2.07. The van der Waals surface area contributed by atoms with E-state index in [1.165, 1.54) is 36.2 Å². The Morgan fingerprint density at radius 1 is 1.23 bits per heavy atom. The van der Waals surface area contributed by atoms with E-state index in [1.54, 1.807) is 11.8 Å². The summed E-state index contributed by atoms with van der Waals surface area (Å²) in [5, 5.41) is 3.36. The largest absolute Gasteiger partial charge is 0.325 e. The van der Waals surface area contributed by atoms with Crippen molar-refractivity contribution in [2.24, 2.45) is 0 Å². The summed E-state index contributed by atoms with van der Waals surface area (Å²) < 4.78 is 0. The van der Waals surface area contributed by atoms with Gasteiger partial charge in [-0.2, -0.15) is 11.8 Å². The molecule has 5 nitrogen and oxygen atoms in total. The third-order valence-corrected chi connectivity index (χ3v) is 5.41. The van der Waals surface area contributed by atoms with Gasteiger partial charge >= 0.3 is 0 Å². The van der Waals surface area contributed by atoms with E-state index in [1.807, 2.05) is 24.3 Å². The summed E-state index contributed by atoms with van der Waals surface area (Å²) in [4.78, 5) is 30.9. The molecule has 0 spiro atoms. The lowest BCUT2D eigenvalue weighted by Crippen LogP contribution is -2.15. The van der Waals surface area contributed by atoms with Crippen LogP contribution in [0, 0.1) is 0 Å². The molecule has 1 amide bonds. The van der Waals surface area contributed by atoms with E-state index in [0.717, 1.165) is 23.6 Å². The van der Waals surface area contributed by atoms with Crippen molar-refractivity contribution < 1.29 is 4.79 Å². The molecule has 2 N–H and O–H groups in total. The zero-order valence-corrected chi connectivity index (χ0v) is 16.8. The number of hydrogen-bond donors (Lipinski definition) is 2. The molecule has 2 aromatic rings. The van der Waals surface area contributed by atoms with Crippen molar-refractivity contribution in [3.05, 3.63) is 51.9 Å². The lowest BCUT2D eigenvalue weighted by atomic mass is 10.1. The number of thioether (sulfide) groups is 2. The maximum absolute atomic E-state index is 12.1. The zero-order chi connectivity index (χ0) is 18.8.